The van der Waals surface area contributed by atoms with E-state index in [4.69, 9.17) is 0 Å². The van der Waals surface area contributed by atoms with Gasteiger partial charge in [0.1, 0.15) is 6.04 Å². The number of aryl methyl sites for hydroxylation is 1. The second-order valence-electron chi connectivity index (χ2n) is 6.79. The topological polar surface area (TPSA) is 95.5 Å². The molecule has 2 rings (SSSR count). The highest BCUT2D eigenvalue weighted by Crippen LogP contribution is 2.12. The lowest BCUT2D eigenvalue weighted by molar-refractivity contribution is -0.141. The molecule has 2 aromatic rings. The first-order valence-electron chi connectivity index (χ1n) is 9.27. The van der Waals surface area contributed by atoms with Crippen molar-refractivity contribution >= 4 is 17.8 Å². The Kier molecular flexibility index (Phi) is 7.75. The van der Waals surface area contributed by atoms with Crippen LogP contribution in [0.2, 0.25) is 0 Å². The highest BCUT2D eigenvalue weighted by Gasteiger charge is 2.21. The standard InChI is InChI=1S/C22H26N2O4/c1-15-8-6-7-11-18(15)14-19(22(27)28)24-21(26)13-12-20(25)23-16(2)17-9-4-3-5-10-17/h3-11,16,19H,12-14H2,1-2H3,(H,23,25)(H,24,26)(H,27,28)/t16-,19-/m1/s1. The molecule has 0 saturated carbocycles. The van der Waals surface area contributed by atoms with Crippen molar-refractivity contribution in [3.8, 4) is 0 Å². The zero-order valence-corrected chi connectivity index (χ0v) is 16.1. The number of nitrogens with one attached hydrogen (secondary N) is 2. The monoisotopic (exact) mass is 382 g/mol. The number of benzene rings is 2. The molecule has 2 aromatic carbocycles. The lowest BCUT2D eigenvalue weighted by Gasteiger charge is -2.17. The molecule has 0 saturated heterocycles. The third kappa shape index (κ3) is 6.54. The van der Waals surface area contributed by atoms with Crippen LogP contribution in [0.1, 0.15) is 42.5 Å². The summed E-state index contributed by atoms with van der Waals surface area (Å²) in [6, 6.07) is 15.8. The summed E-state index contributed by atoms with van der Waals surface area (Å²) < 4.78 is 0. The fourth-order valence-corrected chi connectivity index (χ4v) is 2.89. The van der Waals surface area contributed by atoms with Gasteiger partial charge in [0, 0.05) is 19.3 Å². The van der Waals surface area contributed by atoms with Crippen LogP contribution in [0.5, 0.6) is 0 Å². The van der Waals surface area contributed by atoms with E-state index in [0.717, 1.165) is 16.7 Å². The van der Waals surface area contributed by atoms with Crippen molar-refractivity contribution < 1.29 is 19.5 Å². The minimum atomic E-state index is -1.10. The minimum Gasteiger partial charge on any atom is -0.480 e. The number of hydrogen-bond donors (Lipinski definition) is 3. The molecular weight excluding hydrogens is 356 g/mol. The normalized spacial score (nSPS) is 12.6. The number of hydrogen-bond acceptors (Lipinski definition) is 3. The van der Waals surface area contributed by atoms with Crippen LogP contribution in [0.3, 0.4) is 0 Å². The van der Waals surface area contributed by atoms with E-state index in [1.54, 1.807) is 0 Å². The third-order valence-corrected chi connectivity index (χ3v) is 4.57. The first-order chi connectivity index (χ1) is 13.4. The van der Waals surface area contributed by atoms with Gasteiger partial charge in [-0.2, -0.15) is 0 Å². The summed E-state index contributed by atoms with van der Waals surface area (Å²) in [6.45, 7) is 3.77. The Morgan fingerprint density at radius 3 is 2.07 bits per heavy atom. The molecule has 0 radical (unpaired) electrons. The molecule has 0 bridgehead atoms. The van der Waals surface area contributed by atoms with Gasteiger partial charge in [0.2, 0.25) is 11.8 Å². The molecule has 0 aromatic heterocycles. The average Bonchev–Trinajstić information content (AvgIpc) is 2.68. The molecule has 0 spiro atoms. The van der Waals surface area contributed by atoms with Gasteiger partial charge >= 0.3 is 5.97 Å². The van der Waals surface area contributed by atoms with Gasteiger partial charge in [-0.05, 0) is 30.5 Å². The first-order valence-corrected chi connectivity index (χ1v) is 9.27. The maximum absolute atomic E-state index is 12.1. The molecule has 6 heteroatoms. The Morgan fingerprint density at radius 2 is 1.46 bits per heavy atom. The summed E-state index contributed by atoms with van der Waals surface area (Å²) in [5, 5.41) is 14.8. The Labute approximate surface area is 165 Å². The molecule has 148 valence electrons. The van der Waals surface area contributed by atoms with Gasteiger partial charge in [-0.25, -0.2) is 4.79 Å². The number of amides is 2. The fraction of sp³-hybridized carbons (Fsp3) is 0.318. The van der Waals surface area contributed by atoms with Crippen molar-refractivity contribution in [2.45, 2.75) is 45.2 Å². The minimum absolute atomic E-state index is 0.000287. The summed E-state index contributed by atoms with van der Waals surface area (Å²) in [5.74, 6) is -1.81. The number of carboxylic acid groups (broad SMARTS) is 1. The van der Waals surface area contributed by atoms with Crippen LogP contribution in [0.25, 0.3) is 0 Å². The first kappa shape index (κ1) is 21.2. The van der Waals surface area contributed by atoms with Crippen molar-refractivity contribution in [2.24, 2.45) is 0 Å². The van der Waals surface area contributed by atoms with Crippen molar-refractivity contribution in [3.63, 3.8) is 0 Å². The molecule has 0 aliphatic rings. The smallest absolute Gasteiger partial charge is 0.326 e. The van der Waals surface area contributed by atoms with Crippen molar-refractivity contribution in [3.05, 3.63) is 71.3 Å². The van der Waals surface area contributed by atoms with Gasteiger partial charge in [-0.1, -0.05) is 54.6 Å². The number of aliphatic carboxylic acids is 1. The molecule has 2 atom stereocenters. The van der Waals surface area contributed by atoms with Gasteiger partial charge in [0.05, 0.1) is 6.04 Å². The quantitative estimate of drug-likeness (QED) is 0.621. The largest absolute Gasteiger partial charge is 0.480 e. The lowest BCUT2D eigenvalue weighted by atomic mass is 10.0. The van der Waals surface area contributed by atoms with Crippen LogP contribution >= 0.6 is 0 Å². The zero-order valence-electron chi connectivity index (χ0n) is 16.1. The average molecular weight is 382 g/mol. The highest BCUT2D eigenvalue weighted by atomic mass is 16.4. The summed E-state index contributed by atoms with van der Waals surface area (Å²) in [6.07, 6.45) is 0.135. The zero-order chi connectivity index (χ0) is 20.5. The summed E-state index contributed by atoms with van der Waals surface area (Å²) in [5.41, 5.74) is 2.81. The van der Waals surface area contributed by atoms with Crippen LogP contribution < -0.4 is 10.6 Å². The SMILES string of the molecule is Cc1ccccc1C[C@@H](NC(=O)CCC(=O)N[C@H](C)c1ccccc1)C(=O)O. The van der Waals surface area contributed by atoms with E-state index >= 15 is 0 Å². The summed E-state index contributed by atoms with van der Waals surface area (Å²) in [4.78, 5) is 35.7. The van der Waals surface area contributed by atoms with Crippen LogP contribution in [-0.2, 0) is 20.8 Å². The fourth-order valence-electron chi connectivity index (χ4n) is 2.89. The van der Waals surface area contributed by atoms with Crippen molar-refractivity contribution in [1.29, 1.82) is 0 Å². The second kappa shape index (κ2) is 10.3. The predicted molar refractivity (Wildman–Crippen MR) is 107 cm³/mol. The van der Waals surface area contributed by atoms with E-state index in [-0.39, 0.29) is 31.2 Å². The summed E-state index contributed by atoms with van der Waals surface area (Å²) >= 11 is 0. The van der Waals surface area contributed by atoms with Gasteiger partial charge in [-0.3, -0.25) is 9.59 Å². The molecule has 6 nitrogen and oxygen atoms in total. The third-order valence-electron chi connectivity index (χ3n) is 4.57. The van der Waals surface area contributed by atoms with Gasteiger partial charge in [-0.15, -0.1) is 0 Å². The Balaban J connectivity index is 1.83. The maximum atomic E-state index is 12.1. The number of carbonyl (C=O) groups is 3. The van der Waals surface area contributed by atoms with Gasteiger partial charge in [0.25, 0.3) is 0 Å². The Bertz CT molecular complexity index is 820. The lowest BCUT2D eigenvalue weighted by Crippen LogP contribution is -2.42. The highest BCUT2D eigenvalue weighted by molar-refractivity contribution is 5.87. The Hall–Kier alpha value is -3.15. The Morgan fingerprint density at radius 1 is 0.893 bits per heavy atom. The van der Waals surface area contributed by atoms with E-state index in [9.17, 15) is 19.5 Å². The molecular formula is C22H26N2O4. The van der Waals surface area contributed by atoms with E-state index in [1.807, 2.05) is 68.4 Å². The van der Waals surface area contributed by atoms with Crippen LogP contribution in [0.15, 0.2) is 54.6 Å². The molecule has 0 heterocycles. The molecule has 0 aliphatic carbocycles. The van der Waals surface area contributed by atoms with E-state index in [0.29, 0.717) is 0 Å². The van der Waals surface area contributed by atoms with Gasteiger partial charge < -0.3 is 15.7 Å². The molecule has 0 aliphatic heterocycles. The number of carbonyl (C=O) groups excluding carboxylic acids is 2. The van der Waals surface area contributed by atoms with Crippen molar-refractivity contribution in [2.75, 3.05) is 0 Å². The van der Waals surface area contributed by atoms with E-state index in [2.05, 4.69) is 10.6 Å². The maximum Gasteiger partial charge on any atom is 0.326 e. The van der Waals surface area contributed by atoms with Crippen LogP contribution in [-0.4, -0.2) is 28.9 Å². The molecule has 3 N–H and O–H groups in total. The molecule has 28 heavy (non-hydrogen) atoms. The number of carboxylic acids is 1. The second-order valence-corrected chi connectivity index (χ2v) is 6.79. The number of rotatable bonds is 9. The van der Waals surface area contributed by atoms with E-state index in [1.165, 1.54) is 0 Å². The van der Waals surface area contributed by atoms with Crippen LogP contribution in [0.4, 0.5) is 0 Å². The summed E-state index contributed by atoms with van der Waals surface area (Å²) in [7, 11) is 0. The van der Waals surface area contributed by atoms with Crippen LogP contribution in [0, 0.1) is 6.92 Å². The molecule has 0 fully saturated rings. The van der Waals surface area contributed by atoms with Crippen molar-refractivity contribution in [1.82, 2.24) is 10.6 Å². The van der Waals surface area contributed by atoms with Gasteiger partial charge in [0.15, 0.2) is 0 Å². The predicted octanol–water partition coefficient (Wildman–Crippen LogP) is 2.76. The molecule has 0 unspecified atom stereocenters. The van der Waals surface area contributed by atoms with E-state index < -0.39 is 17.9 Å². The molecule has 2 amide bonds.